The Bertz CT molecular complexity index is 1500. The van der Waals surface area contributed by atoms with E-state index in [4.69, 9.17) is 14.7 Å². The number of nitrogens with zero attached hydrogens (tertiary/aromatic N) is 4. The number of hydrogen-bond donors (Lipinski definition) is 3. The van der Waals surface area contributed by atoms with Gasteiger partial charge in [-0.25, -0.2) is 4.79 Å². The molecule has 3 N–H and O–H groups in total. The summed E-state index contributed by atoms with van der Waals surface area (Å²) in [5.41, 5.74) is -0.846. The van der Waals surface area contributed by atoms with Crippen molar-refractivity contribution in [2.75, 3.05) is 6.54 Å². The molecule has 3 heterocycles. The first-order valence-electron chi connectivity index (χ1n) is 12.0. The molecule has 2 atom stereocenters. The molecule has 1 aromatic carbocycles. The van der Waals surface area contributed by atoms with Crippen LogP contribution in [0.1, 0.15) is 53.4 Å². The summed E-state index contributed by atoms with van der Waals surface area (Å²) in [7, 11) is 0. The summed E-state index contributed by atoms with van der Waals surface area (Å²) in [5, 5.41) is 31.7. The predicted octanol–water partition coefficient (Wildman–Crippen LogP) is 0.132. The number of rotatable bonds is 8. The second-order valence-electron chi connectivity index (χ2n) is 8.92. The minimum Gasteiger partial charge on any atom is -0.512 e. The van der Waals surface area contributed by atoms with E-state index in [0.29, 0.717) is 11.3 Å². The fourth-order valence-corrected chi connectivity index (χ4v) is 4.17. The van der Waals surface area contributed by atoms with Gasteiger partial charge in [0.25, 0.3) is 23.3 Å². The molecule has 0 unspecified atom stereocenters. The third-order valence-corrected chi connectivity index (χ3v) is 6.23. The van der Waals surface area contributed by atoms with Gasteiger partial charge in [0.1, 0.15) is 18.4 Å². The van der Waals surface area contributed by atoms with Crippen LogP contribution in [-0.2, 0) is 20.9 Å². The third kappa shape index (κ3) is 5.53. The number of benzene rings is 1. The third-order valence-electron chi connectivity index (χ3n) is 6.23. The zero-order valence-corrected chi connectivity index (χ0v) is 20.8. The minimum absolute atomic E-state index is 0.0131. The largest absolute Gasteiger partial charge is 0.512 e. The van der Waals surface area contributed by atoms with E-state index in [1.54, 1.807) is 0 Å². The van der Waals surface area contributed by atoms with Crippen LogP contribution in [0.2, 0.25) is 0 Å². The first-order chi connectivity index (χ1) is 18.6. The smallest absolute Gasteiger partial charge is 0.333 e. The lowest BCUT2D eigenvalue weighted by Gasteiger charge is -2.17. The van der Waals surface area contributed by atoms with Gasteiger partial charge in [-0.1, -0.05) is 0 Å². The molecule has 0 spiro atoms. The Hall–Kier alpha value is -4.90. The van der Waals surface area contributed by atoms with Crippen molar-refractivity contribution in [3.8, 4) is 11.8 Å². The van der Waals surface area contributed by atoms with Crippen molar-refractivity contribution in [1.82, 2.24) is 19.5 Å². The molecule has 0 saturated carbocycles. The van der Waals surface area contributed by atoms with E-state index < -0.39 is 41.3 Å². The van der Waals surface area contributed by atoms with Crippen molar-refractivity contribution in [3.63, 3.8) is 0 Å². The molecule has 2 saturated heterocycles. The number of aliphatic hydroxyl groups is 2. The van der Waals surface area contributed by atoms with E-state index >= 15 is 0 Å². The zero-order valence-electron chi connectivity index (χ0n) is 20.8. The number of hydroxylamine groups is 2. The van der Waals surface area contributed by atoms with Gasteiger partial charge < -0.3 is 25.1 Å². The monoisotopic (exact) mass is 539 g/mol. The number of carbonyl (C=O) groups is 3. The lowest BCUT2D eigenvalue weighted by molar-refractivity contribution is -0.164. The second kappa shape index (κ2) is 11.2. The van der Waals surface area contributed by atoms with Crippen LogP contribution in [0.15, 0.2) is 46.0 Å². The Kier molecular flexibility index (Phi) is 7.82. The highest BCUT2D eigenvalue weighted by molar-refractivity contribution is 6.01. The average Bonchev–Trinajstić information content (AvgIpc) is 3.46. The summed E-state index contributed by atoms with van der Waals surface area (Å²) in [4.78, 5) is 67.0. The quantitative estimate of drug-likeness (QED) is 0.236. The van der Waals surface area contributed by atoms with Crippen molar-refractivity contribution < 1.29 is 34.2 Å². The molecule has 0 aliphatic carbocycles. The lowest BCUT2D eigenvalue weighted by Crippen LogP contribution is -2.42. The number of imide groups is 1. The van der Waals surface area contributed by atoms with Gasteiger partial charge in [0.05, 0.1) is 5.56 Å². The molecule has 39 heavy (non-hydrogen) atoms. The normalized spacial score (nSPS) is 19.7. The van der Waals surface area contributed by atoms with Crippen LogP contribution in [0.5, 0.6) is 5.75 Å². The van der Waals surface area contributed by atoms with Gasteiger partial charge in [-0.2, -0.15) is 5.26 Å². The zero-order chi connectivity index (χ0) is 28.3. The van der Waals surface area contributed by atoms with Crippen LogP contribution in [0.25, 0.3) is 0 Å². The number of aromatic nitrogens is 2. The molecule has 2 fully saturated rings. The molecule has 0 bridgehead atoms. The van der Waals surface area contributed by atoms with E-state index in [1.165, 1.54) is 35.9 Å². The Balaban J connectivity index is 1.39. The molecule has 14 heteroatoms. The van der Waals surface area contributed by atoms with Gasteiger partial charge in [0.15, 0.2) is 17.7 Å². The molecule has 2 aliphatic heterocycles. The number of aryl methyl sites for hydroxylation is 1. The molecule has 0 radical (unpaired) electrons. The average molecular weight is 540 g/mol. The number of aliphatic hydroxyl groups excluding tert-OH is 2. The molecule has 1 aromatic heterocycles. The standard InChI is InChI=1S/C25H25N5O9/c1-14-12-29(22-10-17(32)19(13-31)38-22)25(37)28(24(14)36)8-2-7-27-23(35)15-3-4-18(16(9-15)11-26)39-30-20(33)5-6-21(30)34/h3-4,9,12-13,17,22,31-32H,2,5-8,10H2,1H3,(H,27,35)/b19-13+/t17-,22+/m0/s1. The number of nitriles is 1. The first kappa shape index (κ1) is 27.1. The van der Waals surface area contributed by atoms with Gasteiger partial charge in [-0.15, -0.1) is 5.06 Å². The van der Waals surface area contributed by atoms with Gasteiger partial charge in [0, 0.05) is 49.7 Å². The second-order valence-corrected chi connectivity index (χ2v) is 8.92. The van der Waals surface area contributed by atoms with Crippen molar-refractivity contribution in [3.05, 3.63) is 73.9 Å². The van der Waals surface area contributed by atoms with E-state index in [0.717, 1.165) is 4.57 Å². The highest BCUT2D eigenvalue weighted by Crippen LogP contribution is 2.30. The maximum Gasteiger partial charge on any atom is 0.333 e. The topological polar surface area (TPSA) is 193 Å². The van der Waals surface area contributed by atoms with Gasteiger partial charge >= 0.3 is 5.69 Å². The van der Waals surface area contributed by atoms with Crippen LogP contribution in [0.4, 0.5) is 0 Å². The Morgan fingerprint density at radius 3 is 2.62 bits per heavy atom. The number of carbonyl (C=O) groups excluding carboxylic acids is 3. The van der Waals surface area contributed by atoms with Crippen LogP contribution in [0, 0.1) is 18.3 Å². The number of ether oxygens (including phenoxy) is 1. The number of nitrogens with one attached hydrogen (secondary N) is 1. The first-order valence-corrected chi connectivity index (χ1v) is 12.0. The molecule has 2 aliphatic rings. The van der Waals surface area contributed by atoms with Crippen LogP contribution >= 0.6 is 0 Å². The van der Waals surface area contributed by atoms with Crippen molar-refractivity contribution in [2.24, 2.45) is 0 Å². The Morgan fingerprint density at radius 1 is 1.26 bits per heavy atom. The van der Waals surface area contributed by atoms with Gasteiger partial charge in [-0.05, 0) is 31.5 Å². The van der Waals surface area contributed by atoms with Crippen LogP contribution in [-0.4, -0.2) is 54.8 Å². The summed E-state index contributed by atoms with van der Waals surface area (Å²) in [6, 6.07) is 5.79. The van der Waals surface area contributed by atoms with Gasteiger partial charge in [-0.3, -0.25) is 28.3 Å². The fraction of sp³-hybridized carbons (Fsp3) is 0.360. The molecule has 14 nitrogen and oxygen atoms in total. The summed E-state index contributed by atoms with van der Waals surface area (Å²) in [5.74, 6) is -1.71. The maximum atomic E-state index is 13.0. The Labute approximate surface area is 220 Å². The molecule has 2 aromatic rings. The molecule has 4 rings (SSSR count). The van der Waals surface area contributed by atoms with Crippen molar-refractivity contribution >= 4 is 17.7 Å². The molecule has 3 amide bonds. The molecular weight excluding hydrogens is 514 g/mol. The predicted molar refractivity (Wildman–Crippen MR) is 131 cm³/mol. The number of hydrogen-bond acceptors (Lipinski definition) is 10. The van der Waals surface area contributed by atoms with Crippen LogP contribution < -0.4 is 21.4 Å². The van der Waals surface area contributed by atoms with E-state index in [9.17, 15) is 34.3 Å². The summed E-state index contributed by atoms with van der Waals surface area (Å²) in [6.45, 7) is 1.59. The lowest BCUT2D eigenvalue weighted by atomic mass is 10.1. The van der Waals surface area contributed by atoms with E-state index in [2.05, 4.69) is 5.32 Å². The van der Waals surface area contributed by atoms with Gasteiger partial charge in [0.2, 0.25) is 0 Å². The fourth-order valence-electron chi connectivity index (χ4n) is 4.17. The summed E-state index contributed by atoms with van der Waals surface area (Å²) >= 11 is 0. The van der Waals surface area contributed by atoms with E-state index in [1.807, 2.05) is 6.07 Å². The highest BCUT2D eigenvalue weighted by atomic mass is 16.7. The highest BCUT2D eigenvalue weighted by Gasteiger charge is 2.33. The van der Waals surface area contributed by atoms with Crippen LogP contribution in [0.3, 0.4) is 0 Å². The summed E-state index contributed by atoms with van der Waals surface area (Å²) in [6.07, 6.45) is 0.221. The van der Waals surface area contributed by atoms with E-state index in [-0.39, 0.29) is 67.0 Å². The molecule has 204 valence electrons. The maximum absolute atomic E-state index is 13.0. The Morgan fingerprint density at radius 2 is 1.97 bits per heavy atom. The minimum atomic E-state index is -1.09. The number of amides is 3. The molecular formula is C25H25N5O9. The summed E-state index contributed by atoms with van der Waals surface area (Å²) < 4.78 is 7.58. The van der Waals surface area contributed by atoms with Crippen molar-refractivity contribution in [1.29, 1.82) is 5.26 Å². The SMILES string of the molecule is Cc1cn([C@H]2C[C@H](O)/C(=C\O)O2)c(=O)n(CCCNC(=O)c2ccc(ON3C(=O)CCC3=O)c(C#N)c2)c1=O. The van der Waals surface area contributed by atoms with Crippen molar-refractivity contribution in [2.45, 2.75) is 51.5 Å².